The molecule has 2 heterocycles. The molecular formula is C44H26N4. The number of nitriles is 1. The first-order valence-corrected chi connectivity index (χ1v) is 15.9. The van der Waals surface area contributed by atoms with E-state index in [-0.39, 0.29) is 0 Å². The summed E-state index contributed by atoms with van der Waals surface area (Å²) in [6, 6.07) is 56.5. The second-order valence-corrected chi connectivity index (χ2v) is 11.9. The quantitative estimate of drug-likeness (QED) is 0.183. The molecule has 4 heteroatoms. The van der Waals surface area contributed by atoms with Gasteiger partial charge in [0, 0.05) is 32.8 Å². The van der Waals surface area contributed by atoms with Gasteiger partial charge in [-0.15, -0.1) is 0 Å². The predicted octanol–water partition coefficient (Wildman–Crippen LogP) is 11.6. The van der Waals surface area contributed by atoms with Gasteiger partial charge in [-0.3, -0.25) is 0 Å². The fourth-order valence-corrected chi connectivity index (χ4v) is 7.30. The Labute approximate surface area is 277 Å². The molecule has 0 saturated heterocycles. The summed E-state index contributed by atoms with van der Waals surface area (Å²) in [5.41, 5.74) is 10.9. The van der Waals surface area contributed by atoms with E-state index in [4.69, 9.17) is 6.57 Å². The van der Waals surface area contributed by atoms with Crippen LogP contribution >= 0.6 is 0 Å². The Kier molecular flexibility index (Phi) is 6.22. The third-order valence-electron chi connectivity index (χ3n) is 9.39. The Balaban J connectivity index is 1.22. The number of benzene rings is 7. The summed E-state index contributed by atoms with van der Waals surface area (Å²) in [4.78, 5) is 3.98. The summed E-state index contributed by atoms with van der Waals surface area (Å²) in [7, 11) is 0. The highest BCUT2D eigenvalue weighted by atomic mass is 15.0. The fraction of sp³-hybridized carbons (Fsp3) is 0. The van der Waals surface area contributed by atoms with Crippen molar-refractivity contribution in [2.24, 2.45) is 0 Å². The summed E-state index contributed by atoms with van der Waals surface area (Å²) >= 11 is 0. The SMILES string of the molecule is [C-]#[N+]c1ccc(C#N)c(-c2cccc(-c3ccc(-n4c5ccccc5c5ccccc54)cc3)c2)c1-n1c2ccccc2c2ccccc21. The van der Waals surface area contributed by atoms with E-state index >= 15 is 0 Å². The van der Waals surface area contributed by atoms with E-state index in [9.17, 15) is 5.26 Å². The maximum Gasteiger partial charge on any atom is 0.211 e. The number of aromatic nitrogens is 2. The maximum atomic E-state index is 10.4. The number of hydrogen-bond donors (Lipinski definition) is 0. The Morgan fingerprint density at radius 1 is 0.479 bits per heavy atom. The van der Waals surface area contributed by atoms with E-state index in [0.717, 1.165) is 55.4 Å². The lowest BCUT2D eigenvalue weighted by atomic mass is 9.93. The van der Waals surface area contributed by atoms with Crippen molar-refractivity contribution in [1.82, 2.24) is 9.13 Å². The van der Waals surface area contributed by atoms with Crippen LogP contribution in [0.3, 0.4) is 0 Å². The van der Waals surface area contributed by atoms with E-state index in [2.05, 4.69) is 129 Å². The van der Waals surface area contributed by atoms with Crippen LogP contribution in [0.25, 0.3) is 82.1 Å². The monoisotopic (exact) mass is 610 g/mol. The molecule has 9 rings (SSSR count). The van der Waals surface area contributed by atoms with Crippen molar-refractivity contribution in [2.75, 3.05) is 0 Å². The third kappa shape index (κ3) is 4.07. The molecule has 0 N–H and O–H groups in total. The van der Waals surface area contributed by atoms with Crippen molar-refractivity contribution in [2.45, 2.75) is 0 Å². The van der Waals surface area contributed by atoms with Crippen LogP contribution in [0.15, 0.2) is 158 Å². The average Bonchev–Trinajstić information content (AvgIpc) is 3.67. The van der Waals surface area contributed by atoms with Gasteiger partial charge in [0.2, 0.25) is 5.69 Å². The number of rotatable bonds is 4. The zero-order valence-corrected chi connectivity index (χ0v) is 25.8. The molecule has 9 aromatic rings. The molecule has 0 atom stereocenters. The van der Waals surface area contributed by atoms with Gasteiger partial charge in [-0.05, 0) is 59.2 Å². The zero-order valence-electron chi connectivity index (χ0n) is 25.8. The molecule has 222 valence electrons. The molecular weight excluding hydrogens is 585 g/mol. The van der Waals surface area contributed by atoms with Crippen LogP contribution in [0.1, 0.15) is 5.56 Å². The molecule has 7 aromatic carbocycles. The Morgan fingerprint density at radius 2 is 0.979 bits per heavy atom. The van der Waals surface area contributed by atoms with Crippen molar-refractivity contribution in [1.29, 1.82) is 5.26 Å². The zero-order chi connectivity index (χ0) is 32.2. The van der Waals surface area contributed by atoms with E-state index in [1.165, 1.54) is 21.8 Å². The highest BCUT2D eigenvalue weighted by molar-refractivity contribution is 6.11. The van der Waals surface area contributed by atoms with Crippen molar-refractivity contribution >= 4 is 49.3 Å². The lowest BCUT2D eigenvalue weighted by Gasteiger charge is -2.18. The maximum absolute atomic E-state index is 10.4. The van der Waals surface area contributed by atoms with E-state index < -0.39 is 0 Å². The topological polar surface area (TPSA) is 38.0 Å². The van der Waals surface area contributed by atoms with Crippen LogP contribution in [0.2, 0.25) is 0 Å². The van der Waals surface area contributed by atoms with Gasteiger partial charge in [-0.1, -0.05) is 115 Å². The van der Waals surface area contributed by atoms with Gasteiger partial charge in [0.25, 0.3) is 0 Å². The van der Waals surface area contributed by atoms with Gasteiger partial charge in [-0.25, -0.2) is 4.85 Å². The van der Waals surface area contributed by atoms with Gasteiger partial charge in [0.15, 0.2) is 0 Å². The molecule has 48 heavy (non-hydrogen) atoms. The summed E-state index contributed by atoms with van der Waals surface area (Å²) < 4.78 is 4.47. The normalized spacial score (nSPS) is 11.3. The minimum absolute atomic E-state index is 0.497. The molecule has 0 saturated carbocycles. The smallest absolute Gasteiger partial charge is 0.211 e. The van der Waals surface area contributed by atoms with E-state index in [1.54, 1.807) is 12.1 Å². The standard InChI is InChI=1S/C44H26N4/c1-46-38-26-23-32(28-45)43(44(38)48-41-19-8-4-15-36(41)37-16-5-9-20-42(37)48)31-12-10-11-30(27-31)29-21-24-33(25-22-29)47-39-17-6-2-13-34(39)35-14-3-7-18-40(35)47/h2-27H. The van der Waals surface area contributed by atoms with Gasteiger partial charge in [-0.2, -0.15) is 5.26 Å². The highest BCUT2D eigenvalue weighted by Gasteiger charge is 2.22. The Hall–Kier alpha value is -6.88. The number of para-hydroxylation sites is 4. The minimum Gasteiger partial charge on any atom is -0.318 e. The molecule has 0 radical (unpaired) electrons. The Bertz CT molecular complexity index is 2690. The van der Waals surface area contributed by atoms with Crippen molar-refractivity contribution in [3.05, 3.63) is 175 Å². The lowest BCUT2D eigenvalue weighted by molar-refractivity contribution is 1.18. The fourth-order valence-electron chi connectivity index (χ4n) is 7.30. The largest absolute Gasteiger partial charge is 0.318 e. The predicted molar refractivity (Wildman–Crippen MR) is 197 cm³/mol. The van der Waals surface area contributed by atoms with Crippen molar-refractivity contribution < 1.29 is 0 Å². The third-order valence-corrected chi connectivity index (χ3v) is 9.39. The summed E-state index contributed by atoms with van der Waals surface area (Å²) in [5, 5.41) is 15.1. The Morgan fingerprint density at radius 3 is 1.50 bits per heavy atom. The summed E-state index contributed by atoms with van der Waals surface area (Å²) in [5.74, 6) is 0. The summed E-state index contributed by atoms with van der Waals surface area (Å²) in [6.07, 6.45) is 0. The van der Waals surface area contributed by atoms with Crippen molar-refractivity contribution in [3.8, 4) is 39.7 Å². The van der Waals surface area contributed by atoms with Gasteiger partial charge < -0.3 is 9.13 Å². The van der Waals surface area contributed by atoms with Gasteiger partial charge in [0.1, 0.15) is 0 Å². The number of nitrogens with zero attached hydrogens (tertiary/aromatic N) is 4. The van der Waals surface area contributed by atoms with Crippen LogP contribution in [-0.4, -0.2) is 9.13 Å². The lowest BCUT2D eigenvalue weighted by Crippen LogP contribution is -2.00. The molecule has 2 aromatic heterocycles. The first-order chi connectivity index (χ1) is 23.7. The molecule has 0 aliphatic heterocycles. The van der Waals surface area contributed by atoms with Gasteiger partial charge >= 0.3 is 0 Å². The van der Waals surface area contributed by atoms with Crippen molar-refractivity contribution in [3.63, 3.8) is 0 Å². The molecule has 0 aliphatic rings. The molecule has 0 spiro atoms. The van der Waals surface area contributed by atoms with E-state index in [0.29, 0.717) is 11.3 Å². The number of fused-ring (bicyclic) bond motifs is 6. The summed E-state index contributed by atoms with van der Waals surface area (Å²) in [6.45, 7) is 8.17. The second kappa shape index (κ2) is 10.9. The van der Waals surface area contributed by atoms with Crippen LogP contribution in [-0.2, 0) is 0 Å². The minimum atomic E-state index is 0.497. The van der Waals surface area contributed by atoms with Crippen LogP contribution in [0, 0.1) is 17.9 Å². The van der Waals surface area contributed by atoms with Crippen LogP contribution in [0.4, 0.5) is 5.69 Å². The van der Waals surface area contributed by atoms with E-state index in [1.807, 2.05) is 36.4 Å². The molecule has 0 unspecified atom stereocenters. The van der Waals surface area contributed by atoms with Gasteiger partial charge in [0.05, 0.1) is 46.0 Å². The second-order valence-electron chi connectivity index (χ2n) is 11.9. The highest BCUT2D eigenvalue weighted by Crippen LogP contribution is 2.43. The number of hydrogen-bond acceptors (Lipinski definition) is 1. The first-order valence-electron chi connectivity index (χ1n) is 15.9. The molecule has 0 fully saturated rings. The molecule has 0 bridgehead atoms. The average molecular weight is 611 g/mol. The molecule has 0 aliphatic carbocycles. The van der Waals surface area contributed by atoms with Crippen LogP contribution in [0.5, 0.6) is 0 Å². The molecule has 0 amide bonds. The first kappa shape index (κ1) is 27.4. The molecule has 4 nitrogen and oxygen atoms in total. The van der Waals surface area contributed by atoms with Crippen LogP contribution < -0.4 is 0 Å².